The lowest BCUT2D eigenvalue weighted by molar-refractivity contribution is 0.0622. The molecule has 2 bridgehead atoms. The monoisotopic (exact) mass is 368 g/mol. The molecule has 1 aromatic carbocycles. The van der Waals surface area contributed by atoms with E-state index in [0.717, 1.165) is 16.8 Å². The molecule has 128 valence electrons. The van der Waals surface area contributed by atoms with E-state index >= 15 is 0 Å². The minimum Gasteiger partial charge on any atom is -0.347 e. The molecular formula is C20H20N2OS2. The van der Waals surface area contributed by atoms with E-state index in [9.17, 15) is 4.79 Å². The van der Waals surface area contributed by atoms with Gasteiger partial charge in [-0.3, -0.25) is 4.79 Å². The summed E-state index contributed by atoms with van der Waals surface area (Å²) < 4.78 is 1.21. The number of fused-ring (bicyclic) bond motifs is 4. The lowest BCUT2D eigenvalue weighted by atomic mass is 9.84. The Morgan fingerprint density at radius 3 is 2.76 bits per heavy atom. The molecule has 3 aliphatic heterocycles. The van der Waals surface area contributed by atoms with Crippen molar-refractivity contribution in [2.75, 3.05) is 19.6 Å². The molecule has 1 amide bonds. The molecule has 0 unspecified atom stereocenters. The van der Waals surface area contributed by atoms with Gasteiger partial charge in [0.25, 0.3) is 5.91 Å². The SMILES string of the molecule is O=C(N[C@H]1CN2CCC1CC2)c1cc2cccc(-c3cccs3)c2s1. The largest absolute Gasteiger partial charge is 0.347 e. The summed E-state index contributed by atoms with van der Waals surface area (Å²) in [5, 5.41) is 6.58. The fraction of sp³-hybridized carbons (Fsp3) is 0.350. The van der Waals surface area contributed by atoms with E-state index in [4.69, 9.17) is 0 Å². The van der Waals surface area contributed by atoms with Gasteiger partial charge in [-0.1, -0.05) is 24.3 Å². The number of rotatable bonds is 3. The van der Waals surface area contributed by atoms with Gasteiger partial charge in [0.1, 0.15) is 0 Å². The van der Waals surface area contributed by atoms with Gasteiger partial charge in [0.2, 0.25) is 0 Å². The first kappa shape index (κ1) is 15.6. The Hall–Kier alpha value is -1.69. The van der Waals surface area contributed by atoms with Crippen molar-refractivity contribution in [1.82, 2.24) is 10.2 Å². The van der Waals surface area contributed by atoms with Crippen molar-refractivity contribution in [1.29, 1.82) is 0 Å². The molecule has 3 aliphatic rings. The van der Waals surface area contributed by atoms with Crippen molar-refractivity contribution in [3.8, 4) is 10.4 Å². The van der Waals surface area contributed by atoms with E-state index in [2.05, 4.69) is 45.9 Å². The molecule has 3 fully saturated rings. The summed E-state index contributed by atoms with van der Waals surface area (Å²) in [7, 11) is 0. The first-order chi connectivity index (χ1) is 12.3. The van der Waals surface area contributed by atoms with E-state index in [1.54, 1.807) is 22.7 Å². The van der Waals surface area contributed by atoms with Crippen molar-refractivity contribution < 1.29 is 4.79 Å². The third-order valence-corrected chi connectivity index (χ3v) is 7.61. The highest BCUT2D eigenvalue weighted by molar-refractivity contribution is 7.22. The highest BCUT2D eigenvalue weighted by Crippen LogP contribution is 2.37. The lowest BCUT2D eigenvalue weighted by Crippen LogP contribution is -2.57. The zero-order valence-electron chi connectivity index (χ0n) is 13.9. The molecule has 25 heavy (non-hydrogen) atoms. The third-order valence-electron chi connectivity index (χ3n) is 5.53. The van der Waals surface area contributed by atoms with Gasteiger partial charge in [0.05, 0.1) is 4.88 Å². The average Bonchev–Trinajstić information content (AvgIpc) is 3.32. The summed E-state index contributed by atoms with van der Waals surface area (Å²) in [6, 6.07) is 12.9. The normalized spacial score (nSPS) is 25.4. The maximum atomic E-state index is 12.8. The van der Waals surface area contributed by atoms with Crippen molar-refractivity contribution in [3.05, 3.63) is 46.7 Å². The summed E-state index contributed by atoms with van der Waals surface area (Å²) in [5.74, 6) is 0.752. The molecule has 3 nitrogen and oxygen atoms in total. The summed E-state index contributed by atoms with van der Waals surface area (Å²) in [4.78, 5) is 17.4. The number of benzene rings is 1. The fourth-order valence-corrected chi connectivity index (χ4v) is 6.08. The van der Waals surface area contributed by atoms with Gasteiger partial charge >= 0.3 is 0 Å². The van der Waals surface area contributed by atoms with Gasteiger partial charge in [-0.15, -0.1) is 22.7 Å². The van der Waals surface area contributed by atoms with Crippen LogP contribution in [-0.2, 0) is 0 Å². The second-order valence-corrected chi connectivity index (χ2v) is 9.03. The minimum atomic E-state index is 0.0945. The Bertz CT molecular complexity index is 907. The third kappa shape index (κ3) is 2.80. The minimum absolute atomic E-state index is 0.0945. The Balaban J connectivity index is 1.43. The number of carbonyl (C=O) groups excluding carboxylic acids is 1. The second-order valence-electron chi connectivity index (χ2n) is 7.03. The Kier molecular flexibility index (Phi) is 3.88. The molecule has 6 rings (SSSR count). The van der Waals surface area contributed by atoms with Gasteiger partial charge in [0, 0.05) is 27.7 Å². The molecule has 0 radical (unpaired) electrons. The van der Waals surface area contributed by atoms with Crippen molar-refractivity contribution in [3.63, 3.8) is 0 Å². The number of amides is 1. The topological polar surface area (TPSA) is 32.3 Å². The quantitative estimate of drug-likeness (QED) is 0.740. The van der Waals surface area contributed by atoms with E-state index < -0.39 is 0 Å². The summed E-state index contributed by atoms with van der Waals surface area (Å²) in [6.45, 7) is 3.41. The molecule has 1 atom stereocenters. The molecule has 2 aromatic heterocycles. The number of hydrogen-bond acceptors (Lipinski definition) is 4. The van der Waals surface area contributed by atoms with Crippen LogP contribution in [0.25, 0.3) is 20.5 Å². The summed E-state index contributed by atoms with van der Waals surface area (Å²) in [5.41, 5.74) is 1.24. The van der Waals surface area contributed by atoms with Crippen LogP contribution < -0.4 is 5.32 Å². The molecule has 5 heteroatoms. The molecule has 0 saturated carbocycles. The van der Waals surface area contributed by atoms with Gasteiger partial charge in [0.15, 0.2) is 0 Å². The zero-order valence-corrected chi connectivity index (χ0v) is 15.5. The Labute approximate surface area is 155 Å². The van der Waals surface area contributed by atoms with Crippen LogP contribution >= 0.6 is 22.7 Å². The highest BCUT2D eigenvalue weighted by Gasteiger charge is 2.35. The molecule has 0 spiro atoms. The molecule has 3 aromatic rings. The Morgan fingerprint density at radius 1 is 1.16 bits per heavy atom. The lowest BCUT2D eigenvalue weighted by Gasteiger charge is -2.44. The van der Waals surface area contributed by atoms with Crippen molar-refractivity contribution in [2.45, 2.75) is 18.9 Å². The molecular weight excluding hydrogens is 348 g/mol. The van der Waals surface area contributed by atoms with E-state index in [1.807, 2.05) is 6.07 Å². The fourth-order valence-electron chi connectivity index (χ4n) is 4.17. The van der Waals surface area contributed by atoms with E-state index in [-0.39, 0.29) is 5.91 Å². The van der Waals surface area contributed by atoms with Crippen LogP contribution in [0.15, 0.2) is 41.8 Å². The molecule has 1 N–H and O–H groups in total. The number of nitrogens with zero attached hydrogens (tertiary/aromatic N) is 1. The second kappa shape index (κ2) is 6.24. The number of thiophene rings is 2. The maximum Gasteiger partial charge on any atom is 0.261 e. The van der Waals surface area contributed by atoms with Gasteiger partial charge in [-0.2, -0.15) is 0 Å². The van der Waals surface area contributed by atoms with Gasteiger partial charge < -0.3 is 10.2 Å². The Morgan fingerprint density at radius 2 is 2.04 bits per heavy atom. The van der Waals surface area contributed by atoms with Crippen LogP contribution in [0, 0.1) is 5.92 Å². The zero-order chi connectivity index (χ0) is 16.8. The van der Waals surface area contributed by atoms with Crippen LogP contribution in [0.3, 0.4) is 0 Å². The predicted molar refractivity (Wildman–Crippen MR) is 106 cm³/mol. The van der Waals surface area contributed by atoms with Crippen LogP contribution in [0.1, 0.15) is 22.5 Å². The van der Waals surface area contributed by atoms with Crippen LogP contribution in [0.4, 0.5) is 0 Å². The van der Waals surface area contributed by atoms with Gasteiger partial charge in [-0.05, 0) is 54.7 Å². The van der Waals surface area contributed by atoms with E-state index in [0.29, 0.717) is 12.0 Å². The van der Waals surface area contributed by atoms with Crippen LogP contribution in [-0.4, -0.2) is 36.5 Å². The first-order valence-corrected chi connectivity index (χ1v) is 10.6. The van der Waals surface area contributed by atoms with Crippen LogP contribution in [0.5, 0.6) is 0 Å². The molecule has 0 aliphatic carbocycles. The number of piperidine rings is 3. The number of nitrogens with one attached hydrogen (secondary N) is 1. The van der Waals surface area contributed by atoms with Gasteiger partial charge in [-0.25, -0.2) is 0 Å². The smallest absolute Gasteiger partial charge is 0.261 e. The molecule has 3 saturated heterocycles. The summed E-state index contributed by atoms with van der Waals surface area (Å²) in [6.07, 6.45) is 2.44. The molecule has 5 heterocycles. The predicted octanol–water partition coefficient (Wildman–Crippen LogP) is 4.45. The first-order valence-electron chi connectivity index (χ1n) is 8.87. The van der Waals surface area contributed by atoms with Crippen molar-refractivity contribution >= 4 is 38.7 Å². The summed E-state index contributed by atoms with van der Waals surface area (Å²) >= 11 is 3.37. The maximum absolute atomic E-state index is 12.8. The number of hydrogen-bond donors (Lipinski definition) is 1. The highest BCUT2D eigenvalue weighted by atomic mass is 32.1. The average molecular weight is 369 g/mol. The number of carbonyl (C=O) groups is 1. The van der Waals surface area contributed by atoms with E-state index in [1.165, 1.54) is 41.1 Å². The van der Waals surface area contributed by atoms with Crippen LogP contribution in [0.2, 0.25) is 0 Å². The van der Waals surface area contributed by atoms with Crippen molar-refractivity contribution in [2.24, 2.45) is 5.92 Å². The standard InChI is InChI=1S/C20H20N2OS2/c23-20(21-16-12-22-8-6-13(16)7-9-22)18-11-14-3-1-4-15(19(14)25-18)17-5-2-10-24-17/h1-5,10-11,13,16H,6-9,12H2,(H,21,23)/t16-/m0/s1.